The van der Waals surface area contributed by atoms with Crippen molar-refractivity contribution in [3.8, 4) is 0 Å². The minimum absolute atomic E-state index is 0. The second-order valence-electron chi connectivity index (χ2n) is 7.32. The number of hydrogen-bond donors (Lipinski definition) is 1. The molecule has 2 unspecified atom stereocenters. The monoisotopic (exact) mass is 422 g/mol. The molecule has 1 N–H and O–H groups in total. The molecule has 2 saturated heterocycles. The van der Waals surface area contributed by atoms with Crippen molar-refractivity contribution in [1.82, 2.24) is 15.2 Å². The molecule has 1 amide bonds. The van der Waals surface area contributed by atoms with E-state index >= 15 is 0 Å². The first-order valence-electron chi connectivity index (χ1n) is 9.50. The fourth-order valence-corrected chi connectivity index (χ4v) is 4.02. The van der Waals surface area contributed by atoms with Gasteiger partial charge in [-0.3, -0.25) is 9.78 Å². The van der Waals surface area contributed by atoms with Crippen molar-refractivity contribution in [2.75, 3.05) is 24.5 Å². The average molecular weight is 423 g/mol. The number of fused-ring (bicyclic) bond motifs is 2. The number of hydrogen-bond acceptors (Lipinski definition) is 4. The number of benzene rings is 1. The van der Waals surface area contributed by atoms with Crippen LogP contribution in [-0.2, 0) is 11.3 Å². The van der Waals surface area contributed by atoms with Gasteiger partial charge >= 0.3 is 0 Å². The van der Waals surface area contributed by atoms with Crippen LogP contribution in [-0.4, -0.2) is 47.5 Å². The Hall–Kier alpha value is -1.82. The molecule has 7 heteroatoms. The molecule has 152 valence electrons. The van der Waals surface area contributed by atoms with Crippen molar-refractivity contribution in [3.05, 3.63) is 60.4 Å². The zero-order valence-electron chi connectivity index (χ0n) is 15.9. The summed E-state index contributed by atoms with van der Waals surface area (Å²) in [6, 6.07) is 15.2. The highest BCUT2D eigenvalue weighted by atomic mass is 35.5. The maximum Gasteiger partial charge on any atom is 0.242 e. The van der Waals surface area contributed by atoms with Gasteiger partial charge in [-0.15, -0.1) is 24.8 Å². The molecule has 3 heterocycles. The van der Waals surface area contributed by atoms with Gasteiger partial charge in [-0.25, -0.2) is 0 Å². The number of likely N-dealkylation sites (tertiary alicyclic amines) is 1. The van der Waals surface area contributed by atoms with E-state index in [-0.39, 0.29) is 30.7 Å². The molecule has 1 aromatic heterocycles. The van der Waals surface area contributed by atoms with E-state index in [0.29, 0.717) is 25.2 Å². The molecular weight excluding hydrogens is 395 g/mol. The third-order valence-electron chi connectivity index (χ3n) is 5.42. The second kappa shape index (κ2) is 10.6. The smallest absolute Gasteiger partial charge is 0.242 e. The zero-order chi connectivity index (χ0) is 17.8. The highest BCUT2D eigenvalue weighted by Crippen LogP contribution is 2.22. The number of halogens is 2. The topological polar surface area (TPSA) is 48.5 Å². The highest BCUT2D eigenvalue weighted by Gasteiger charge is 2.31. The van der Waals surface area contributed by atoms with Crippen molar-refractivity contribution in [3.63, 3.8) is 0 Å². The lowest BCUT2D eigenvalue weighted by Crippen LogP contribution is -2.44. The van der Waals surface area contributed by atoms with Gasteiger partial charge in [0.2, 0.25) is 5.91 Å². The summed E-state index contributed by atoms with van der Waals surface area (Å²) in [5.41, 5.74) is 2.18. The Balaban J connectivity index is 0.00000140. The number of nitrogens with zero attached hydrogens (tertiary/aromatic N) is 3. The Morgan fingerprint density at radius 2 is 1.86 bits per heavy atom. The summed E-state index contributed by atoms with van der Waals surface area (Å²) < 4.78 is 0. The summed E-state index contributed by atoms with van der Waals surface area (Å²) >= 11 is 0. The van der Waals surface area contributed by atoms with Crippen LogP contribution in [0, 0.1) is 0 Å². The number of aromatic nitrogens is 1. The summed E-state index contributed by atoms with van der Waals surface area (Å²) in [4.78, 5) is 21.5. The van der Waals surface area contributed by atoms with Gasteiger partial charge in [-0.1, -0.05) is 24.3 Å². The zero-order valence-corrected chi connectivity index (χ0v) is 17.5. The molecular formula is C21H28Cl2N4O. The first-order chi connectivity index (χ1) is 12.8. The molecule has 4 rings (SSSR count). The van der Waals surface area contributed by atoms with Gasteiger partial charge in [0.15, 0.2) is 0 Å². The molecule has 0 aliphatic carbocycles. The molecule has 28 heavy (non-hydrogen) atoms. The molecule has 2 aliphatic heterocycles. The standard InChI is InChI=1S/C21H26N4O.2ClH/c26-21(24-12-10-18-8-9-19(15-24)23-18)16-25(20-6-2-1-3-7-20)14-17-5-4-11-22-13-17;;/h1-7,11,13,18-19,23H,8-10,12,14-16H2;2*1H. The molecule has 5 nitrogen and oxygen atoms in total. The maximum absolute atomic E-state index is 13.0. The Kier molecular flexibility index (Phi) is 8.55. The number of amides is 1. The van der Waals surface area contributed by atoms with E-state index in [4.69, 9.17) is 0 Å². The number of rotatable bonds is 5. The molecule has 2 aliphatic rings. The summed E-state index contributed by atoms with van der Waals surface area (Å²) in [6.07, 6.45) is 7.16. The van der Waals surface area contributed by atoms with Gasteiger partial charge in [-0.05, 0) is 43.0 Å². The van der Waals surface area contributed by atoms with Crippen LogP contribution in [0.2, 0.25) is 0 Å². The van der Waals surface area contributed by atoms with E-state index < -0.39 is 0 Å². The van der Waals surface area contributed by atoms with E-state index in [2.05, 4.69) is 38.3 Å². The highest BCUT2D eigenvalue weighted by molar-refractivity contribution is 5.85. The molecule has 2 fully saturated rings. The summed E-state index contributed by atoms with van der Waals surface area (Å²) in [5, 5.41) is 3.65. The summed E-state index contributed by atoms with van der Waals surface area (Å²) in [7, 11) is 0. The van der Waals surface area contributed by atoms with Gasteiger partial charge in [-0.2, -0.15) is 0 Å². The normalized spacial score (nSPS) is 20.5. The number of carbonyl (C=O) groups excluding carboxylic acids is 1. The Morgan fingerprint density at radius 3 is 2.61 bits per heavy atom. The van der Waals surface area contributed by atoms with E-state index in [1.54, 1.807) is 6.20 Å². The number of carbonyl (C=O) groups is 1. The number of para-hydroxylation sites is 1. The summed E-state index contributed by atoms with van der Waals surface area (Å²) in [6.45, 7) is 2.78. The van der Waals surface area contributed by atoms with Crippen molar-refractivity contribution >= 4 is 36.4 Å². The van der Waals surface area contributed by atoms with Gasteiger partial charge in [0.1, 0.15) is 0 Å². The first-order valence-corrected chi connectivity index (χ1v) is 9.50. The van der Waals surface area contributed by atoms with Gasteiger partial charge in [0, 0.05) is 49.8 Å². The van der Waals surface area contributed by atoms with E-state index in [9.17, 15) is 4.79 Å². The molecule has 0 radical (unpaired) electrons. The molecule has 0 saturated carbocycles. The molecule has 2 atom stereocenters. The quantitative estimate of drug-likeness (QED) is 0.802. The predicted octanol–water partition coefficient (Wildman–Crippen LogP) is 3.28. The SMILES string of the molecule is Cl.Cl.O=C(CN(Cc1cccnc1)c1ccccc1)N1CCC2CCC(C1)N2. The predicted molar refractivity (Wildman–Crippen MR) is 117 cm³/mol. The van der Waals surface area contributed by atoms with E-state index in [1.165, 1.54) is 12.8 Å². The van der Waals surface area contributed by atoms with Crippen molar-refractivity contribution in [2.45, 2.75) is 37.9 Å². The second-order valence-corrected chi connectivity index (χ2v) is 7.32. The number of pyridine rings is 1. The third kappa shape index (κ3) is 5.60. The van der Waals surface area contributed by atoms with Gasteiger partial charge in [0.05, 0.1) is 6.54 Å². The largest absolute Gasteiger partial charge is 0.358 e. The summed E-state index contributed by atoms with van der Waals surface area (Å²) in [5.74, 6) is 0.215. The van der Waals surface area contributed by atoms with Crippen LogP contribution < -0.4 is 10.2 Å². The van der Waals surface area contributed by atoms with Crippen LogP contribution in [0.3, 0.4) is 0 Å². The minimum atomic E-state index is 0. The van der Waals surface area contributed by atoms with Crippen molar-refractivity contribution < 1.29 is 4.79 Å². The van der Waals surface area contributed by atoms with Crippen LogP contribution >= 0.6 is 24.8 Å². The van der Waals surface area contributed by atoms with Gasteiger partial charge < -0.3 is 15.1 Å². The molecule has 2 aromatic rings. The van der Waals surface area contributed by atoms with Crippen LogP contribution in [0.4, 0.5) is 5.69 Å². The minimum Gasteiger partial charge on any atom is -0.358 e. The third-order valence-corrected chi connectivity index (χ3v) is 5.42. The van der Waals surface area contributed by atoms with Crippen LogP contribution in [0.25, 0.3) is 0 Å². The lowest BCUT2D eigenvalue weighted by atomic mass is 10.1. The Labute approximate surface area is 179 Å². The van der Waals surface area contributed by atoms with E-state index in [0.717, 1.165) is 30.8 Å². The Bertz CT molecular complexity index is 732. The first kappa shape index (κ1) is 22.5. The fraction of sp³-hybridized carbons (Fsp3) is 0.429. The molecule has 2 bridgehead atoms. The molecule has 0 spiro atoms. The van der Waals surface area contributed by atoms with Gasteiger partial charge in [0.25, 0.3) is 0 Å². The van der Waals surface area contributed by atoms with Crippen LogP contribution in [0.5, 0.6) is 0 Å². The van der Waals surface area contributed by atoms with Crippen molar-refractivity contribution in [2.24, 2.45) is 0 Å². The molecule has 1 aromatic carbocycles. The van der Waals surface area contributed by atoms with Crippen LogP contribution in [0.1, 0.15) is 24.8 Å². The number of nitrogens with one attached hydrogen (secondary N) is 1. The Morgan fingerprint density at radius 1 is 1.07 bits per heavy atom. The average Bonchev–Trinajstić information content (AvgIpc) is 3.01. The van der Waals surface area contributed by atoms with Crippen molar-refractivity contribution in [1.29, 1.82) is 0 Å². The maximum atomic E-state index is 13.0. The number of anilines is 1. The lowest BCUT2D eigenvalue weighted by molar-refractivity contribution is -0.130. The fourth-order valence-electron chi connectivity index (χ4n) is 4.02. The van der Waals surface area contributed by atoms with Crippen LogP contribution in [0.15, 0.2) is 54.9 Å². The lowest BCUT2D eigenvalue weighted by Gasteiger charge is -2.29. The van der Waals surface area contributed by atoms with E-state index in [1.807, 2.05) is 30.5 Å².